The molecule has 3 N–H and O–H groups in total. The molecule has 1 aromatic carbocycles. The number of nitrogens with two attached hydrogens (primary N) is 1. The minimum Gasteiger partial charge on any atom is -0.377 e. The smallest absolute Gasteiger partial charge is 0.241 e. The Kier molecular flexibility index (Phi) is 4.47. The third kappa shape index (κ3) is 2.56. The fraction of sp³-hybridized carbons (Fsp3) is 0.650. The average Bonchev–Trinajstić information content (AvgIpc) is 2.59. The largest absolute Gasteiger partial charge is 0.377 e. The molecule has 24 heavy (non-hydrogen) atoms. The minimum atomic E-state index is -0.837. The number of rotatable bonds is 4. The van der Waals surface area contributed by atoms with Crippen LogP contribution in [0.1, 0.15) is 57.6 Å². The molecule has 1 saturated carbocycles. The maximum absolute atomic E-state index is 12.9. The maximum Gasteiger partial charge on any atom is 0.241 e. The van der Waals surface area contributed by atoms with Crippen molar-refractivity contribution < 1.29 is 9.53 Å². The molecule has 1 amide bonds. The highest BCUT2D eigenvalue weighted by Crippen LogP contribution is 2.57. The van der Waals surface area contributed by atoms with Crippen LogP contribution in [0.2, 0.25) is 0 Å². The number of amides is 1. The van der Waals surface area contributed by atoms with Crippen molar-refractivity contribution in [2.45, 2.75) is 64.6 Å². The molecule has 0 bridgehead atoms. The van der Waals surface area contributed by atoms with Gasteiger partial charge in [-0.15, -0.1) is 0 Å². The van der Waals surface area contributed by atoms with E-state index >= 15 is 0 Å². The van der Waals surface area contributed by atoms with E-state index in [1.54, 1.807) is 0 Å². The normalized spacial score (nSPS) is 31.2. The van der Waals surface area contributed by atoms with Gasteiger partial charge in [-0.05, 0) is 29.9 Å². The third-order valence-electron chi connectivity index (χ3n) is 6.16. The highest BCUT2D eigenvalue weighted by atomic mass is 16.5. The van der Waals surface area contributed by atoms with E-state index in [-0.39, 0.29) is 23.3 Å². The Morgan fingerprint density at radius 3 is 2.62 bits per heavy atom. The SMILES string of the molecule is CC(C)c1ccc(CNC(=O)C2(N)C3CCCOC3C2(C)C)cc1. The molecule has 3 rings (SSSR count). The Morgan fingerprint density at radius 2 is 2.00 bits per heavy atom. The second kappa shape index (κ2) is 6.16. The topological polar surface area (TPSA) is 64.4 Å². The predicted molar refractivity (Wildman–Crippen MR) is 95.5 cm³/mol. The molecule has 1 aromatic rings. The first-order valence-corrected chi connectivity index (χ1v) is 9.06. The molecule has 3 unspecified atom stereocenters. The van der Waals surface area contributed by atoms with Gasteiger partial charge in [-0.1, -0.05) is 52.0 Å². The number of hydrogen-bond donors (Lipinski definition) is 2. The summed E-state index contributed by atoms with van der Waals surface area (Å²) in [6, 6.07) is 8.42. The summed E-state index contributed by atoms with van der Waals surface area (Å²) in [6.45, 7) is 9.76. The molecule has 1 heterocycles. The zero-order chi connectivity index (χ0) is 17.5. The lowest BCUT2D eigenvalue weighted by Gasteiger charge is -2.65. The molecule has 2 fully saturated rings. The van der Waals surface area contributed by atoms with Gasteiger partial charge >= 0.3 is 0 Å². The summed E-state index contributed by atoms with van der Waals surface area (Å²) in [5.74, 6) is 0.594. The summed E-state index contributed by atoms with van der Waals surface area (Å²) in [5, 5.41) is 3.06. The van der Waals surface area contributed by atoms with Gasteiger partial charge in [0.2, 0.25) is 5.91 Å². The maximum atomic E-state index is 12.9. The summed E-state index contributed by atoms with van der Waals surface area (Å²) in [4.78, 5) is 12.9. The number of fused-ring (bicyclic) bond motifs is 1. The van der Waals surface area contributed by atoms with Crippen LogP contribution < -0.4 is 11.1 Å². The van der Waals surface area contributed by atoms with E-state index in [1.807, 2.05) is 0 Å². The second-order valence-electron chi connectivity index (χ2n) is 8.21. The van der Waals surface area contributed by atoms with Gasteiger partial charge in [-0.3, -0.25) is 4.79 Å². The number of ether oxygens (including phenoxy) is 1. The van der Waals surface area contributed by atoms with Crippen molar-refractivity contribution in [2.24, 2.45) is 17.1 Å². The van der Waals surface area contributed by atoms with Crippen LogP contribution in [0.3, 0.4) is 0 Å². The molecule has 132 valence electrons. The van der Waals surface area contributed by atoms with Crippen LogP contribution in [0.4, 0.5) is 0 Å². The Bertz CT molecular complexity index is 609. The van der Waals surface area contributed by atoms with Crippen molar-refractivity contribution in [3.8, 4) is 0 Å². The number of benzene rings is 1. The highest BCUT2D eigenvalue weighted by molar-refractivity contribution is 5.89. The van der Waals surface area contributed by atoms with Gasteiger partial charge in [0.05, 0.1) is 6.10 Å². The van der Waals surface area contributed by atoms with Crippen molar-refractivity contribution in [1.82, 2.24) is 5.32 Å². The van der Waals surface area contributed by atoms with E-state index < -0.39 is 5.54 Å². The van der Waals surface area contributed by atoms with E-state index in [1.165, 1.54) is 5.56 Å². The Labute approximate surface area is 145 Å². The second-order valence-corrected chi connectivity index (χ2v) is 8.21. The Hall–Kier alpha value is -1.39. The van der Waals surface area contributed by atoms with Gasteiger partial charge in [0.25, 0.3) is 0 Å². The quantitative estimate of drug-likeness (QED) is 0.892. The van der Waals surface area contributed by atoms with Gasteiger partial charge in [0, 0.05) is 24.5 Å². The van der Waals surface area contributed by atoms with E-state index in [0.717, 1.165) is 25.0 Å². The van der Waals surface area contributed by atoms with Crippen LogP contribution in [-0.4, -0.2) is 24.2 Å². The van der Waals surface area contributed by atoms with Crippen LogP contribution in [0.5, 0.6) is 0 Å². The first-order valence-electron chi connectivity index (χ1n) is 9.06. The first kappa shape index (κ1) is 17.4. The Morgan fingerprint density at radius 1 is 1.33 bits per heavy atom. The zero-order valence-electron chi connectivity index (χ0n) is 15.3. The monoisotopic (exact) mass is 330 g/mol. The fourth-order valence-electron chi connectivity index (χ4n) is 4.39. The lowest BCUT2D eigenvalue weighted by molar-refractivity contribution is -0.225. The van der Waals surface area contributed by atoms with Gasteiger partial charge < -0.3 is 15.8 Å². The molecule has 0 radical (unpaired) electrons. The van der Waals surface area contributed by atoms with E-state index in [0.29, 0.717) is 12.5 Å². The molecule has 1 saturated heterocycles. The van der Waals surface area contributed by atoms with Gasteiger partial charge in [-0.25, -0.2) is 0 Å². The average molecular weight is 330 g/mol. The van der Waals surface area contributed by atoms with Crippen molar-refractivity contribution in [3.05, 3.63) is 35.4 Å². The number of carbonyl (C=O) groups excluding carboxylic acids is 1. The minimum absolute atomic E-state index is 0.0489. The molecule has 4 nitrogen and oxygen atoms in total. The standard InChI is InChI=1S/C20H30N2O2/c1-13(2)15-9-7-14(8-10-15)12-22-18(23)20(21)16-6-5-11-24-17(16)19(20,3)4/h7-10,13,16-17H,5-6,11-12,21H2,1-4H3,(H,22,23). The molecular formula is C20H30N2O2. The molecule has 1 aliphatic heterocycles. The van der Waals surface area contributed by atoms with Crippen LogP contribution in [0, 0.1) is 11.3 Å². The van der Waals surface area contributed by atoms with Crippen LogP contribution in [0.15, 0.2) is 24.3 Å². The zero-order valence-corrected chi connectivity index (χ0v) is 15.3. The lowest BCUT2D eigenvalue weighted by Crippen LogP contribution is -2.82. The van der Waals surface area contributed by atoms with Crippen molar-refractivity contribution in [1.29, 1.82) is 0 Å². The lowest BCUT2D eigenvalue weighted by atomic mass is 9.46. The number of nitrogens with one attached hydrogen (secondary N) is 1. The molecule has 3 atom stereocenters. The summed E-state index contributed by atoms with van der Waals surface area (Å²) in [5.41, 5.74) is 7.86. The van der Waals surface area contributed by atoms with Gasteiger partial charge in [0.15, 0.2) is 0 Å². The first-order chi connectivity index (χ1) is 11.3. The van der Waals surface area contributed by atoms with Crippen molar-refractivity contribution in [2.75, 3.05) is 6.61 Å². The van der Waals surface area contributed by atoms with Crippen molar-refractivity contribution >= 4 is 5.91 Å². The third-order valence-corrected chi connectivity index (χ3v) is 6.16. The summed E-state index contributed by atoms with van der Waals surface area (Å²) in [7, 11) is 0. The number of carbonyl (C=O) groups is 1. The summed E-state index contributed by atoms with van der Waals surface area (Å²) < 4.78 is 5.88. The highest BCUT2D eigenvalue weighted by Gasteiger charge is 2.70. The van der Waals surface area contributed by atoms with Crippen molar-refractivity contribution in [3.63, 3.8) is 0 Å². The molecular weight excluding hydrogens is 300 g/mol. The fourth-order valence-corrected chi connectivity index (χ4v) is 4.39. The van der Waals surface area contributed by atoms with E-state index in [2.05, 4.69) is 57.3 Å². The van der Waals surface area contributed by atoms with E-state index in [4.69, 9.17) is 10.5 Å². The summed E-state index contributed by atoms with van der Waals surface area (Å²) >= 11 is 0. The van der Waals surface area contributed by atoms with Crippen LogP contribution in [-0.2, 0) is 16.1 Å². The molecule has 4 heteroatoms. The molecule has 0 spiro atoms. The molecule has 1 aliphatic carbocycles. The number of hydrogen-bond acceptors (Lipinski definition) is 3. The van der Waals surface area contributed by atoms with Crippen LogP contribution in [0.25, 0.3) is 0 Å². The van der Waals surface area contributed by atoms with Gasteiger partial charge in [-0.2, -0.15) is 0 Å². The van der Waals surface area contributed by atoms with Gasteiger partial charge in [0.1, 0.15) is 5.54 Å². The summed E-state index contributed by atoms with van der Waals surface area (Å²) in [6.07, 6.45) is 2.06. The van der Waals surface area contributed by atoms with E-state index in [9.17, 15) is 4.79 Å². The van der Waals surface area contributed by atoms with Crippen LogP contribution >= 0.6 is 0 Å². The molecule has 2 aliphatic rings. The Balaban J connectivity index is 1.66. The predicted octanol–water partition coefficient (Wildman–Crippen LogP) is 2.96. The molecule has 0 aromatic heterocycles.